The van der Waals surface area contributed by atoms with Gasteiger partial charge in [-0.15, -0.1) is 0 Å². The molecule has 0 saturated heterocycles. The van der Waals surface area contributed by atoms with Crippen molar-refractivity contribution in [1.82, 2.24) is 5.16 Å². The number of aryl methyl sites for hydroxylation is 3. The SMILES string of the molecule is Cc1ccc(NC(=O)[C@H](C)OC(=O)c2c(C)noc2C(C)C)c(C)c1. The first kappa shape index (κ1) is 18.7. The smallest absolute Gasteiger partial charge is 0.344 e. The third kappa shape index (κ3) is 4.26. The Morgan fingerprint density at radius 2 is 1.84 bits per heavy atom. The van der Waals surface area contributed by atoms with Crippen molar-refractivity contribution in [3.8, 4) is 0 Å². The summed E-state index contributed by atoms with van der Waals surface area (Å²) < 4.78 is 10.5. The highest BCUT2D eigenvalue weighted by atomic mass is 16.5. The molecule has 0 aliphatic carbocycles. The van der Waals surface area contributed by atoms with E-state index in [0.29, 0.717) is 22.7 Å². The summed E-state index contributed by atoms with van der Waals surface area (Å²) in [5.41, 5.74) is 3.50. The monoisotopic (exact) mass is 344 g/mol. The number of nitrogens with zero attached hydrogens (tertiary/aromatic N) is 1. The van der Waals surface area contributed by atoms with Gasteiger partial charge in [0.25, 0.3) is 5.91 Å². The van der Waals surface area contributed by atoms with Gasteiger partial charge in [0.05, 0.1) is 5.69 Å². The minimum Gasteiger partial charge on any atom is -0.449 e. The predicted octanol–water partition coefficient (Wildman–Crippen LogP) is 3.91. The van der Waals surface area contributed by atoms with Gasteiger partial charge in [0.2, 0.25) is 0 Å². The molecule has 134 valence electrons. The highest BCUT2D eigenvalue weighted by Gasteiger charge is 2.27. The Hall–Kier alpha value is -2.63. The zero-order valence-electron chi connectivity index (χ0n) is 15.5. The van der Waals surface area contributed by atoms with Crippen LogP contribution in [0.1, 0.15) is 59.6 Å². The molecular weight excluding hydrogens is 320 g/mol. The second-order valence-electron chi connectivity index (χ2n) is 6.52. The fraction of sp³-hybridized carbons (Fsp3) is 0.421. The number of rotatable bonds is 5. The molecule has 1 aromatic heterocycles. The quantitative estimate of drug-likeness (QED) is 0.832. The van der Waals surface area contributed by atoms with Gasteiger partial charge in [0, 0.05) is 11.6 Å². The molecule has 1 amide bonds. The van der Waals surface area contributed by atoms with E-state index in [-0.39, 0.29) is 11.8 Å². The first-order valence-corrected chi connectivity index (χ1v) is 8.26. The Balaban J connectivity index is 2.08. The number of ether oxygens (including phenoxy) is 1. The van der Waals surface area contributed by atoms with Crippen LogP contribution in [-0.4, -0.2) is 23.1 Å². The molecule has 0 aliphatic rings. The molecule has 0 bridgehead atoms. The van der Waals surface area contributed by atoms with Crippen molar-refractivity contribution in [3.63, 3.8) is 0 Å². The van der Waals surface area contributed by atoms with Gasteiger partial charge in [-0.1, -0.05) is 36.7 Å². The standard InChI is InChI=1S/C19H24N2O4/c1-10(2)17-16(13(5)21-25-17)19(23)24-14(6)18(22)20-15-8-7-11(3)9-12(15)4/h7-10,14H,1-6H3,(H,20,22)/t14-/m0/s1. The lowest BCUT2D eigenvalue weighted by Crippen LogP contribution is -2.30. The van der Waals surface area contributed by atoms with Crippen molar-refractivity contribution in [2.75, 3.05) is 5.32 Å². The van der Waals surface area contributed by atoms with E-state index < -0.39 is 12.1 Å². The molecule has 0 fully saturated rings. The molecule has 1 heterocycles. The Bertz CT molecular complexity index is 793. The van der Waals surface area contributed by atoms with Crippen LogP contribution in [0.5, 0.6) is 0 Å². The minimum absolute atomic E-state index is 0.0110. The first-order valence-electron chi connectivity index (χ1n) is 8.26. The number of nitrogens with one attached hydrogen (secondary N) is 1. The highest BCUT2D eigenvalue weighted by Crippen LogP contribution is 2.23. The number of aromatic nitrogens is 1. The summed E-state index contributed by atoms with van der Waals surface area (Å²) in [5, 5.41) is 6.61. The van der Waals surface area contributed by atoms with Gasteiger partial charge in [-0.2, -0.15) is 0 Å². The van der Waals surface area contributed by atoms with Gasteiger partial charge in [0.1, 0.15) is 5.56 Å². The molecule has 2 rings (SSSR count). The van der Waals surface area contributed by atoms with Crippen molar-refractivity contribution in [2.24, 2.45) is 0 Å². The van der Waals surface area contributed by atoms with E-state index in [0.717, 1.165) is 11.1 Å². The molecule has 0 saturated carbocycles. The first-order chi connectivity index (χ1) is 11.7. The van der Waals surface area contributed by atoms with E-state index in [1.54, 1.807) is 6.92 Å². The summed E-state index contributed by atoms with van der Waals surface area (Å²) in [6.07, 6.45) is -0.942. The summed E-state index contributed by atoms with van der Waals surface area (Å²) in [6, 6.07) is 5.72. The zero-order valence-corrected chi connectivity index (χ0v) is 15.5. The van der Waals surface area contributed by atoms with Crippen LogP contribution in [0, 0.1) is 20.8 Å². The summed E-state index contributed by atoms with van der Waals surface area (Å²) in [6.45, 7) is 10.9. The number of carbonyl (C=O) groups excluding carboxylic acids is 2. The maximum absolute atomic E-state index is 12.4. The van der Waals surface area contributed by atoms with Crippen LogP contribution >= 0.6 is 0 Å². The van der Waals surface area contributed by atoms with Crippen LogP contribution in [0.25, 0.3) is 0 Å². The second-order valence-corrected chi connectivity index (χ2v) is 6.52. The maximum Gasteiger partial charge on any atom is 0.344 e. The van der Waals surface area contributed by atoms with E-state index in [4.69, 9.17) is 9.26 Å². The van der Waals surface area contributed by atoms with Crippen molar-refractivity contribution in [3.05, 3.63) is 46.3 Å². The van der Waals surface area contributed by atoms with Crippen molar-refractivity contribution < 1.29 is 18.8 Å². The fourth-order valence-corrected chi connectivity index (χ4v) is 2.49. The van der Waals surface area contributed by atoms with Crippen LogP contribution in [-0.2, 0) is 9.53 Å². The lowest BCUT2D eigenvalue weighted by Gasteiger charge is -2.15. The molecule has 25 heavy (non-hydrogen) atoms. The van der Waals surface area contributed by atoms with Crippen molar-refractivity contribution in [2.45, 2.75) is 53.6 Å². The van der Waals surface area contributed by atoms with Crippen LogP contribution in [0.15, 0.2) is 22.7 Å². The van der Waals surface area contributed by atoms with Gasteiger partial charge < -0.3 is 14.6 Å². The van der Waals surface area contributed by atoms with Gasteiger partial charge in [-0.05, 0) is 39.3 Å². The maximum atomic E-state index is 12.4. The molecule has 0 spiro atoms. The second kappa shape index (κ2) is 7.51. The molecule has 1 atom stereocenters. The van der Waals surface area contributed by atoms with Crippen molar-refractivity contribution >= 4 is 17.6 Å². The van der Waals surface area contributed by atoms with Crippen LogP contribution in [0.3, 0.4) is 0 Å². The van der Waals surface area contributed by atoms with Gasteiger partial charge in [-0.25, -0.2) is 4.79 Å². The summed E-state index contributed by atoms with van der Waals surface area (Å²) in [4.78, 5) is 24.8. The molecule has 0 unspecified atom stereocenters. The number of carbonyl (C=O) groups is 2. The number of anilines is 1. The molecule has 1 N–H and O–H groups in total. The predicted molar refractivity (Wildman–Crippen MR) is 94.8 cm³/mol. The molecule has 6 heteroatoms. The lowest BCUT2D eigenvalue weighted by molar-refractivity contribution is -0.123. The van der Waals surface area contributed by atoms with E-state index in [2.05, 4.69) is 10.5 Å². The van der Waals surface area contributed by atoms with E-state index in [1.807, 2.05) is 45.9 Å². The largest absolute Gasteiger partial charge is 0.449 e. The molecule has 0 radical (unpaired) electrons. The summed E-state index contributed by atoms with van der Waals surface area (Å²) in [7, 11) is 0. The molecule has 1 aromatic carbocycles. The topological polar surface area (TPSA) is 81.4 Å². The van der Waals surface area contributed by atoms with E-state index in [9.17, 15) is 9.59 Å². The van der Waals surface area contributed by atoms with Crippen LogP contribution in [0.2, 0.25) is 0 Å². The van der Waals surface area contributed by atoms with Crippen LogP contribution < -0.4 is 5.32 Å². The number of amides is 1. The lowest BCUT2D eigenvalue weighted by atomic mass is 10.1. The number of hydrogen-bond acceptors (Lipinski definition) is 5. The van der Waals surface area contributed by atoms with Gasteiger partial charge in [0.15, 0.2) is 11.9 Å². The Kier molecular flexibility index (Phi) is 5.62. The normalized spacial score (nSPS) is 12.1. The van der Waals surface area contributed by atoms with Gasteiger partial charge >= 0.3 is 5.97 Å². The zero-order chi connectivity index (χ0) is 18.7. The third-order valence-corrected chi connectivity index (χ3v) is 3.91. The van der Waals surface area contributed by atoms with Gasteiger partial charge in [-0.3, -0.25) is 4.79 Å². The number of esters is 1. The average molecular weight is 344 g/mol. The molecular formula is C19H24N2O4. The Morgan fingerprint density at radius 1 is 1.16 bits per heavy atom. The average Bonchev–Trinajstić information content (AvgIpc) is 2.91. The molecule has 0 aliphatic heterocycles. The minimum atomic E-state index is -0.942. The number of hydrogen-bond donors (Lipinski definition) is 1. The Labute approximate surface area is 147 Å². The third-order valence-electron chi connectivity index (χ3n) is 3.91. The number of benzene rings is 1. The van der Waals surface area contributed by atoms with E-state index in [1.165, 1.54) is 6.92 Å². The van der Waals surface area contributed by atoms with E-state index >= 15 is 0 Å². The fourth-order valence-electron chi connectivity index (χ4n) is 2.49. The van der Waals surface area contributed by atoms with Crippen LogP contribution in [0.4, 0.5) is 5.69 Å². The summed E-state index contributed by atoms with van der Waals surface area (Å²) >= 11 is 0. The molecule has 2 aromatic rings. The van der Waals surface area contributed by atoms with Crippen molar-refractivity contribution in [1.29, 1.82) is 0 Å². The highest BCUT2D eigenvalue weighted by molar-refractivity contribution is 5.98. The Morgan fingerprint density at radius 3 is 2.44 bits per heavy atom. The molecule has 6 nitrogen and oxygen atoms in total. The summed E-state index contributed by atoms with van der Waals surface area (Å²) in [5.74, 6) is -0.543.